The van der Waals surface area contributed by atoms with Gasteiger partial charge in [0.05, 0.1) is 0 Å². The lowest BCUT2D eigenvalue weighted by Crippen LogP contribution is -2.50. The zero-order valence-electron chi connectivity index (χ0n) is 14.1. The van der Waals surface area contributed by atoms with Crippen LogP contribution in [0, 0.1) is 0 Å². The van der Waals surface area contributed by atoms with Crippen molar-refractivity contribution in [1.82, 2.24) is 9.80 Å². The molecule has 0 saturated carbocycles. The Morgan fingerprint density at radius 1 is 1.00 bits per heavy atom. The number of piperazine rings is 1. The number of hydrogen-bond acceptors (Lipinski definition) is 2. The molecule has 0 N–H and O–H groups in total. The number of amides is 2. The van der Waals surface area contributed by atoms with E-state index in [-0.39, 0.29) is 17.2 Å². The smallest absolute Gasteiger partial charge is 0.253 e. The van der Waals surface area contributed by atoms with E-state index < -0.39 is 0 Å². The number of nitrogens with zero attached hydrogens (tertiary/aromatic N) is 2. The first-order valence-corrected chi connectivity index (χ1v) is 8.60. The minimum Gasteiger partial charge on any atom is -0.339 e. The standard InChI is InChI=1S/C18H25ClN2O2/c1-18(2,3)15-6-4-14(5-7-15)17(23)21-12-10-20(11-13-21)16(22)8-9-19/h4-7H,8-13H2,1-3H3. The quantitative estimate of drug-likeness (QED) is 0.796. The van der Waals surface area contributed by atoms with Crippen LogP contribution in [0.4, 0.5) is 0 Å². The van der Waals surface area contributed by atoms with E-state index in [0.29, 0.717) is 44.0 Å². The molecule has 1 heterocycles. The van der Waals surface area contributed by atoms with Gasteiger partial charge in [0.1, 0.15) is 0 Å². The van der Waals surface area contributed by atoms with E-state index in [2.05, 4.69) is 20.8 Å². The molecule has 0 spiro atoms. The van der Waals surface area contributed by atoms with Crippen LogP contribution in [-0.4, -0.2) is 53.7 Å². The largest absolute Gasteiger partial charge is 0.339 e. The fraction of sp³-hybridized carbons (Fsp3) is 0.556. The number of carbonyl (C=O) groups excluding carboxylic acids is 2. The van der Waals surface area contributed by atoms with Gasteiger partial charge < -0.3 is 9.80 Å². The van der Waals surface area contributed by atoms with Gasteiger partial charge in [-0.1, -0.05) is 32.9 Å². The maximum absolute atomic E-state index is 12.6. The van der Waals surface area contributed by atoms with E-state index in [1.54, 1.807) is 4.90 Å². The van der Waals surface area contributed by atoms with Crippen molar-refractivity contribution in [2.45, 2.75) is 32.6 Å². The molecule has 0 aliphatic carbocycles. The van der Waals surface area contributed by atoms with Crippen molar-refractivity contribution in [3.8, 4) is 0 Å². The first-order valence-electron chi connectivity index (χ1n) is 8.06. The minimum absolute atomic E-state index is 0.0369. The molecule has 2 amide bonds. The van der Waals surface area contributed by atoms with Crippen LogP contribution in [0.2, 0.25) is 0 Å². The molecule has 5 heteroatoms. The number of hydrogen-bond donors (Lipinski definition) is 0. The summed E-state index contributed by atoms with van der Waals surface area (Å²) < 4.78 is 0. The predicted octanol–water partition coefficient (Wildman–Crippen LogP) is 2.90. The molecule has 0 unspecified atom stereocenters. The predicted molar refractivity (Wildman–Crippen MR) is 93.0 cm³/mol. The second kappa shape index (κ2) is 7.35. The summed E-state index contributed by atoms with van der Waals surface area (Å²) in [6, 6.07) is 7.84. The van der Waals surface area contributed by atoms with Crippen LogP contribution in [0.3, 0.4) is 0 Å². The average molecular weight is 337 g/mol. The Labute approximate surface area is 143 Å². The number of halogens is 1. The van der Waals surface area contributed by atoms with E-state index in [0.717, 1.165) is 0 Å². The highest BCUT2D eigenvalue weighted by Crippen LogP contribution is 2.22. The Morgan fingerprint density at radius 2 is 1.52 bits per heavy atom. The van der Waals surface area contributed by atoms with Gasteiger partial charge in [0, 0.05) is 44.0 Å². The maximum atomic E-state index is 12.6. The third-order valence-corrected chi connectivity index (χ3v) is 4.41. The summed E-state index contributed by atoms with van der Waals surface area (Å²) >= 11 is 5.61. The van der Waals surface area contributed by atoms with Crippen molar-refractivity contribution in [3.05, 3.63) is 35.4 Å². The average Bonchev–Trinajstić information content (AvgIpc) is 2.54. The maximum Gasteiger partial charge on any atom is 0.253 e. The first kappa shape index (κ1) is 17.8. The molecule has 1 aliphatic heterocycles. The molecule has 1 aromatic rings. The van der Waals surface area contributed by atoms with Gasteiger partial charge in [-0.25, -0.2) is 0 Å². The van der Waals surface area contributed by atoms with Crippen LogP contribution in [0.15, 0.2) is 24.3 Å². The summed E-state index contributed by atoms with van der Waals surface area (Å²) in [5, 5.41) is 0. The molecule has 126 valence electrons. The second-order valence-electron chi connectivity index (χ2n) is 6.94. The normalized spacial score (nSPS) is 15.7. The van der Waals surface area contributed by atoms with Crippen molar-refractivity contribution < 1.29 is 9.59 Å². The van der Waals surface area contributed by atoms with E-state index in [1.165, 1.54) is 5.56 Å². The van der Waals surface area contributed by atoms with Crippen LogP contribution in [0.25, 0.3) is 0 Å². The Balaban J connectivity index is 1.96. The summed E-state index contributed by atoms with van der Waals surface area (Å²) in [6.45, 7) is 8.79. The summed E-state index contributed by atoms with van der Waals surface area (Å²) in [7, 11) is 0. The van der Waals surface area contributed by atoms with Gasteiger partial charge in [-0.05, 0) is 23.1 Å². The lowest BCUT2D eigenvalue weighted by atomic mass is 9.86. The van der Waals surface area contributed by atoms with Crippen molar-refractivity contribution in [1.29, 1.82) is 0 Å². The van der Waals surface area contributed by atoms with Crippen LogP contribution in [0.5, 0.6) is 0 Å². The molecule has 1 aromatic carbocycles. The van der Waals surface area contributed by atoms with E-state index >= 15 is 0 Å². The van der Waals surface area contributed by atoms with Gasteiger partial charge >= 0.3 is 0 Å². The van der Waals surface area contributed by atoms with Crippen molar-refractivity contribution in [3.63, 3.8) is 0 Å². The van der Waals surface area contributed by atoms with Crippen molar-refractivity contribution >= 4 is 23.4 Å². The number of carbonyl (C=O) groups is 2. The summed E-state index contributed by atoms with van der Waals surface area (Å²) in [4.78, 5) is 28.0. The molecule has 0 atom stereocenters. The molecule has 0 bridgehead atoms. The molecule has 1 aliphatic rings. The number of rotatable bonds is 3. The summed E-state index contributed by atoms with van der Waals surface area (Å²) in [5.41, 5.74) is 2.00. The topological polar surface area (TPSA) is 40.6 Å². The SMILES string of the molecule is CC(C)(C)c1ccc(C(=O)N2CCN(C(=O)CCCl)CC2)cc1. The lowest BCUT2D eigenvalue weighted by molar-refractivity contribution is -0.132. The molecule has 0 radical (unpaired) electrons. The molecular weight excluding hydrogens is 312 g/mol. The fourth-order valence-corrected chi connectivity index (χ4v) is 2.85. The van der Waals surface area contributed by atoms with Crippen LogP contribution < -0.4 is 0 Å². The number of benzene rings is 1. The monoisotopic (exact) mass is 336 g/mol. The van der Waals surface area contributed by atoms with Crippen molar-refractivity contribution in [2.24, 2.45) is 0 Å². The molecular formula is C18H25ClN2O2. The van der Waals surface area contributed by atoms with Crippen LogP contribution >= 0.6 is 11.6 Å². The van der Waals surface area contributed by atoms with Gasteiger partial charge in [0.25, 0.3) is 5.91 Å². The molecule has 4 nitrogen and oxygen atoms in total. The summed E-state index contributed by atoms with van der Waals surface area (Å²) in [6.07, 6.45) is 0.365. The van der Waals surface area contributed by atoms with E-state index in [4.69, 9.17) is 11.6 Å². The first-order chi connectivity index (χ1) is 10.8. The van der Waals surface area contributed by atoms with E-state index in [9.17, 15) is 9.59 Å². The van der Waals surface area contributed by atoms with Gasteiger partial charge in [0.15, 0.2) is 0 Å². The highest BCUT2D eigenvalue weighted by molar-refractivity contribution is 6.18. The van der Waals surface area contributed by atoms with Gasteiger partial charge in [-0.3, -0.25) is 9.59 Å². The Morgan fingerprint density at radius 3 is 2.00 bits per heavy atom. The van der Waals surface area contributed by atoms with E-state index in [1.807, 2.05) is 29.2 Å². The highest BCUT2D eigenvalue weighted by atomic mass is 35.5. The molecule has 2 rings (SSSR count). The van der Waals surface area contributed by atoms with Crippen LogP contribution in [0.1, 0.15) is 43.1 Å². The summed E-state index contributed by atoms with van der Waals surface area (Å²) in [5.74, 6) is 0.453. The molecule has 23 heavy (non-hydrogen) atoms. The molecule has 0 aromatic heterocycles. The lowest BCUT2D eigenvalue weighted by Gasteiger charge is -2.35. The Hall–Kier alpha value is -1.55. The minimum atomic E-state index is 0.0369. The Bertz CT molecular complexity index is 555. The van der Waals surface area contributed by atoms with Crippen molar-refractivity contribution in [2.75, 3.05) is 32.1 Å². The third kappa shape index (κ3) is 4.47. The number of alkyl halides is 1. The third-order valence-electron chi connectivity index (χ3n) is 4.23. The fourth-order valence-electron chi connectivity index (χ4n) is 2.69. The second-order valence-corrected chi connectivity index (χ2v) is 7.32. The van der Waals surface area contributed by atoms with Crippen LogP contribution in [-0.2, 0) is 10.2 Å². The zero-order valence-corrected chi connectivity index (χ0v) is 14.9. The van der Waals surface area contributed by atoms with Gasteiger partial charge in [-0.2, -0.15) is 0 Å². The van der Waals surface area contributed by atoms with Gasteiger partial charge in [-0.15, -0.1) is 11.6 Å². The molecule has 1 fully saturated rings. The van der Waals surface area contributed by atoms with Gasteiger partial charge in [0.2, 0.25) is 5.91 Å². The highest BCUT2D eigenvalue weighted by Gasteiger charge is 2.24. The zero-order chi connectivity index (χ0) is 17.0. The Kier molecular flexibility index (Phi) is 5.69. The molecule has 1 saturated heterocycles.